The van der Waals surface area contributed by atoms with Gasteiger partial charge in [-0.3, -0.25) is 0 Å². The molecule has 0 aliphatic carbocycles. The highest BCUT2D eigenvalue weighted by Crippen LogP contribution is 2.27. The number of halogens is 1. The summed E-state index contributed by atoms with van der Waals surface area (Å²) in [6, 6.07) is 11.2. The molecule has 0 heterocycles. The summed E-state index contributed by atoms with van der Waals surface area (Å²) in [5.74, 6) is -1.39. The third-order valence-electron chi connectivity index (χ3n) is 2.69. The summed E-state index contributed by atoms with van der Waals surface area (Å²) in [7, 11) is 0. The molecule has 0 saturated heterocycles. The van der Waals surface area contributed by atoms with Gasteiger partial charge in [-0.05, 0) is 30.7 Å². The molecule has 98 valence electrons. The first-order valence-corrected chi connectivity index (χ1v) is 5.88. The number of benzene rings is 2. The lowest BCUT2D eigenvalue weighted by Gasteiger charge is -2.08. The predicted molar refractivity (Wildman–Crippen MR) is 70.0 cm³/mol. The molecule has 0 unspecified atom stereocenters. The molecule has 0 aliphatic rings. The zero-order chi connectivity index (χ0) is 13.8. The van der Waals surface area contributed by atoms with Crippen LogP contribution >= 0.6 is 0 Å². The quantitative estimate of drug-likeness (QED) is 0.913. The number of carboxylic acids is 1. The van der Waals surface area contributed by atoms with Gasteiger partial charge in [0.15, 0.2) is 0 Å². The van der Waals surface area contributed by atoms with E-state index in [0.717, 1.165) is 0 Å². The van der Waals surface area contributed by atoms with Crippen LogP contribution in [0.25, 0.3) is 11.1 Å². The van der Waals surface area contributed by atoms with Crippen LogP contribution in [-0.2, 0) is 0 Å². The molecule has 0 saturated carbocycles. The van der Waals surface area contributed by atoms with Crippen LogP contribution in [0.5, 0.6) is 5.75 Å². The number of ether oxygens (including phenoxy) is 1. The maximum absolute atomic E-state index is 14.1. The number of carboxylic acid groups (broad SMARTS) is 1. The van der Waals surface area contributed by atoms with Crippen molar-refractivity contribution in [2.75, 3.05) is 6.61 Å². The minimum atomic E-state index is -1.28. The molecule has 0 bridgehead atoms. The van der Waals surface area contributed by atoms with Gasteiger partial charge in [0.05, 0.1) is 12.2 Å². The first-order chi connectivity index (χ1) is 9.13. The van der Waals surface area contributed by atoms with Gasteiger partial charge in [0.2, 0.25) is 0 Å². The molecular weight excluding hydrogens is 247 g/mol. The SMILES string of the molecule is CCOc1cccc(-c2cccc(C(=O)O)c2F)c1. The lowest BCUT2D eigenvalue weighted by atomic mass is 10.0. The van der Waals surface area contributed by atoms with E-state index in [1.165, 1.54) is 12.1 Å². The summed E-state index contributed by atoms with van der Waals surface area (Å²) in [5, 5.41) is 8.91. The van der Waals surface area contributed by atoms with Crippen LogP contribution in [0.15, 0.2) is 42.5 Å². The summed E-state index contributed by atoms with van der Waals surface area (Å²) >= 11 is 0. The lowest BCUT2D eigenvalue weighted by molar-refractivity contribution is 0.0692. The zero-order valence-electron chi connectivity index (χ0n) is 10.4. The molecule has 0 spiro atoms. The number of aromatic carboxylic acids is 1. The van der Waals surface area contributed by atoms with Gasteiger partial charge in [-0.25, -0.2) is 9.18 Å². The Kier molecular flexibility index (Phi) is 3.80. The highest BCUT2D eigenvalue weighted by molar-refractivity contribution is 5.90. The van der Waals surface area contributed by atoms with E-state index in [9.17, 15) is 9.18 Å². The average Bonchev–Trinajstić information content (AvgIpc) is 2.39. The largest absolute Gasteiger partial charge is 0.494 e. The molecule has 0 amide bonds. The Morgan fingerprint density at radius 1 is 1.26 bits per heavy atom. The second-order valence-electron chi connectivity index (χ2n) is 3.93. The Balaban J connectivity index is 2.50. The summed E-state index contributed by atoms with van der Waals surface area (Å²) in [6.07, 6.45) is 0. The van der Waals surface area contributed by atoms with Crippen molar-refractivity contribution in [2.45, 2.75) is 6.92 Å². The maximum Gasteiger partial charge on any atom is 0.338 e. The van der Waals surface area contributed by atoms with E-state index >= 15 is 0 Å². The molecule has 1 N–H and O–H groups in total. The fraction of sp³-hybridized carbons (Fsp3) is 0.133. The van der Waals surface area contributed by atoms with Crippen molar-refractivity contribution >= 4 is 5.97 Å². The summed E-state index contributed by atoms with van der Waals surface area (Å²) in [5.41, 5.74) is 0.507. The molecule has 3 nitrogen and oxygen atoms in total. The van der Waals surface area contributed by atoms with Gasteiger partial charge >= 0.3 is 5.97 Å². The molecule has 2 aromatic carbocycles. The molecule has 0 fully saturated rings. The molecular formula is C15H13FO3. The van der Waals surface area contributed by atoms with Crippen molar-refractivity contribution < 1.29 is 19.0 Å². The smallest absolute Gasteiger partial charge is 0.338 e. The van der Waals surface area contributed by atoms with Crippen LogP contribution in [0, 0.1) is 5.82 Å². The lowest BCUT2D eigenvalue weighted by Crippen LogP contribution is -2.01. The van der Waals surface area contributed by atoms with E-state index in [1.54, 1.807) is 30.3 Å². The van der Waals surface area contributed by atoms with Crippen LogP contribution < -0.4 is 4.74 Å². The van der Waals surface area contributed by atoms with Crippen LogP contribution in [0.1, 0.15) is 17.3 Å². The molecule has 2 rings (SSSR count). The van der Waals surface area contributed by atoms with E-state index in [4.69, 9.17) is 9.84 Å². The van der Waals surface area contributed by atoms with Crippen LogP contribution in [0.3, 0.4) is 0 Å². The second-order valence-corrected chi connectivity index (χ2v) is 3.93. The van der Waals surface area contributed by atoms with Crippen LogP contribution in [0.4, 0.5) is 4.39 Å². The number of rotatable bonds is 4. The van der Waals surface area contributed by atoms with Crippen molar-refractivity contribution in [2.24, 2.45) is 0 Å². The van der Waals surface area contributed by atoms with Crippen molar-refractivity contribution in [1.82, 2.24) is 0 Å². The predicted octanol–water partition coefficient (Wildman–Crippen LogP) is 3.59. The first kappa shape index (κ1) is 13.1. The van der Waals surface area contributed by atoms with E-state index in [-0.39, 0.29) is 11.1 Å². The van der Waals surface area contributed by atoms with E-state index < -0.39 is 11.8 Å². The van der Waals surface area contributed by atoms with Gasteiger partial charge < -0.3 is 9.84 Å². The highest BCUT2D eigenvalue weighted by Gasteiger charge is 2.15. The van der Waals surface area contributed by atoms with Gasteiger partial charge in [0.1, 0.15) is 11.6 Å². The maximum atomic E-state index is 14.1. The van der Waals surface area contributed by atoms with Gasteiger partial charge in [-0.15, -0.1) is 0 Å². The number of hydrogen-bond donors (Lipinski definition) is 1. The van der Waals surface area contributed by atoms with Crippen LogP contribution in [-0.4, -0.2) is 17.7 Å². The Morgan fingerprint density at radius 3 is 2.68 bits per heavy atom. The Labute approximate surface area is 110 Å². The molecule has 2 aromatic rings. The minimum absolute atomic E-state index is 0.251. The second kappa shape index (κ2) is 5.52. The molecule has 0 aromatic heterocycles. The van der Waals surface area contributed by atoms with Crippen LogP contribution in [0.2, 0.25) is 0 Å². The minimum Gasteiger partial charge on any atom is -0.494 e. The van der Waals surface area contributed by atoms with Crippen molar-refractivity contribution in [3.8, 4) is 16.9 Å². The molecule has 0 aliphatic heterocycles. The standard InChI is InChI=1S/C15H13FO3/c1-2-19-11-6-3-5-10(9-11)12-7-4-8-13(14(12)16)15(17)18/h3-9H,2H2,1H3,(H,17,18). The van der Waals surface area contributed by atoms with E-state index in [0.29, 0.717) is 17.9 Å². The number of hydrogen-bond acceptors (Lipinski definition) is 2. The van der Waals surface area contributed by atoms with Gasteiger partial charge in [-0.1, -0.05) is 24.3 Å². The Morgan fingerprint density at radius 2 is 2.00 bits per heavy atom. The number of carbonyl (C=O) groups is 1. The zero-order valence-corrected chi connectivity index (χ0v) is 10.4. The summed E-state index contributed by atoms with van der Waals surface area (Å²) < 4.78 is 19.5. The summed E-state index contributed by atoms with van der Waals surface area (Å²) in [6.45, 7) is 2.37. The van der Waals surface area contributed by atoms with E-state index in [1.807, 2.05) is 6.92 Å². The van der Waals surface area contributed by atoms with Crippen molar-refractivity contribution in [3.63, 3.8) is 0 Å². The first-order valence-electron chi connectivity index (χ1n) is 5.88. The summed E-state index contributed by atoms with van der Waals surface area (Å²) in [4.78, 5) is 10.9. The fourth-order valence-corrected chi connectivity index (χ4v) is 1.84. The van der Waals surface area contributed by atoms with Gasteiger partial charge in [-0.2, -0.15) is 0 Å². The Hall–Kier alpha value is -2.36. The van der Waals surface area contributed by atoms with E-state index in [2.05, 4.69) is 0 Å². The third kappa shape index (κ3) is 2.73. The highest BCUT2D eigenvalue weighted by atomic mass is 19.1. The average molecular weight is 260 g/mol. The molecule has 0 atom stereocenters. The molecule has 19 heavy (non-hydrogen) atoms. The van der Waals surface area contributed by atoms with Crippen molar-refractivity contribution in [3.05, 3.63) is 53.8 Å². The Bertz CT molecular complexity index is 608. The molecule has 4 heteroatoms. The van der Waals surface area contributed by atoms with Gasteiger partial charge in [0, 0.05) is 5.56 Å². The topological polar surface area (TPSA) is 46.5 Å². The van der Waals surface area contributed by atoms with Crippen molar-refractivity contribution in [1.29, 1.82) is 0 Å². The third-order valence-corrected chi connectivity index (χ3v) is 2.69. The molecule has 0 radical (unpaired) electrons. The normalized spacial score (nSPS) is 10.2. The fourth-order valence-electron chi connectivity index (χ4n) is 1.84. The van der Waals surface area contributed by atoms with Gasteiger partial charge in [0.25, 0.3) is 0 Å². The monoisotopic (exact) mass is 260 g/mol.